The average Bonchev–Trinajstić information content (AvgIpc) is 3.37. The summed E-state index contributed by atoms with van der Waals surface area (Å²) in [7, 11) is -1.43. The van der Waals surface area contributed by atoms with Crippen LogP contribution in [0.5, 0.6) is 5.75 Å². The molecule has 1 unspecified atom stereocenters. The van der Waals surface area contributed by atoms with Crippen molar-refractivity contribution in [2.45, 2.75) is 37.4 Å². The van der Waals surface area contributed by atoms with Crippen molar-refractivity contribution in [2.24, 2.45) is 0 Å². The molecule has 1 fully saturated rings. The molecule has 0 aliphatic carbocycles. The molecule has 2 aromatic carbocycles. The monoisotopic (exact) mass is 487 g/mol. The highest BCUT2D eigenvalue weighted by atomic mass is 32.2. The first-order chi connectivity index (χ1) is 15.9. The molecule has 33 heavy (non-hydrogen) atoms. The van der Waals surface area contributed by atoms with Gasteiger partial charge in [0, 0.05) is 18.3 Å². The Morgan fingerprint density at radius 2 is 1.97 bits per heavy atom. The normalized spacial score (nSPS) is 17.3. The van der Waals surface area contributed by atoms with Gasteiger partial charge in [-0.15, -0.1) is 0 Å². The Hall–Kier alpha value is -2.52. The maximum absolute atomic E-state index is 13.2. The highest BCUT2D eigenvalue weighted by Gasteiger charge is 2.34. The lowest BCUT2D eigenvalue weighted by Gasteiger charge is -2.28. The molecule has 176 valence electrons. The zero-order chi connectivity index (χ0) is 23.4. The molecule has 1 amide bonds. The molecule has 0 bridgehead atoms. The lowest BCUT2D eigenvalue weighted by molar-refractivity contribution is -0.130. The minimum Gasteiger partial charge on any atom is -0.497 e. The number of nitrogens with zero attached hydrogens (tertiary/aromatic N) is 3. The predicted octanol–water partition coefficient (Wildman–Crippen LogP) is 3.94. The van der Waals surface area contributed by atoms with Crippen molar-refractivity contribution in [3.05, 3.63) is 48.5 Å². The van der Waals surface area contributed by atoms with E-state index in [2.05, 4.69) is 6.92 Å². The highest BCUT2D eigenvalue weighted by Crippen LogP contribution is 2.29. The number of hydrogen-bond donors (Lipinski definition) is 0. The van der Waals surface area contributed by atoms with Gasteiger partial charge in [0.15, 0.2) is 15.0 Å². The van der Waals surface area contributed by atoms with Crippen LogP contribution in [-0.4, -0.2) is 65.7 Å². The Morgan fingerprint density at radius 3 is 2.64 bits per heavy atom. The van der Waals surface area contributed by atoms with Gasteiger partial charge in [0.25, 0.3) is 0 Å². The summed E-state index contributed by atoms with van der Waals surface area (Å²) in [6, 6.07) is 15.4. The molecule has 0 N–H and O–H groups in total. The van der Waals surface area contributed by atoms with Crippen LogP contribution < -0.4 is 4.74 Å². The Labute approximate surface area is 199 Å². The largest absolute Gasteiger partial charge is 0.497 e. The molecule has 0 saturated carbocycles. The molecule has 1 aliphatic heterocycles. The number of unbranched alkanes of at least 4 members (excludes halogenated alkanes) is 1. The molecule has 1 aromatic heterocycles. The number of fused-ring (bicyclic) bond motifs is 1. The second-order valence-electron chi connectivity index (χ2n) is 8.20. The van der Waals surface area contributed by atoms with Crippen molar-refractivity contribution in [1.29, 1.82) is 0 Å². The summed E-state index contributed by atoms with van der Waals surface area (Å²) in [5, 5.41) is 0.726. The highest BCUT2D eigenvalue weighted by molar-refractivity contribution is 7.99. The van der Waals surface area contributed by atoms with Gasteiger partial charge in [0.2, 0.25) is 5.91 Å². The predicted molar refractivity (Wildman–Crippen MR) is 132 cm³/mol. The van der Waals surface area contributed by atoms with E-state index in [1.165, 1.54) is 11.8 Å². The van der Waals surface area contributed by atoms with Crippen LogP contribution in [0.15, 0.2) is 53.7 Å². The molecule has 4 rings (SSSR count). The van der Waals surface area contributed by atoms with E-state index in [-0.39, 0.29) is 29.2 Å². The number of rotatable bonds is 9. The fourth-order valence-electron chi connectivity index (χ4n) is 4.15. The third-order valence-corrected chi connectivity index (χ3v) is 8.58. The number of carbonyl (C=O) groups is 1. The molecule has 1 aliphatic rings. The summed E-state index contributed by atoms with van der Waals surface area (Å²) in [4.78, 5) is 19.8. The van der Waals surface area contributed by atoms with Crippen LogP contribution in [0, 0.1) is 0 Å². The summed E-state index contributed by atoms with van der Waals surface area (Å²) in [5.74, 6) is 1.17. The minimum absolute atomic E-state index is 0.0381. The molecule has 1 saturated heterocycles. The Kier molecular flexibility index (Phi) is 7.29. The van der Waals surface area contributed by atoms with Crippen LogP contribution in [0.1, 0.15) is 26.2 Å². The summed E-state index contributed by atoms with van der Waals surface area (Å²) in [6.07, 6.45) is 2.33. The van der Waals surface area contributed by atoms with E-state index >= 15 is 0 Å². The van der Waals surface area contributed by atoms with Gasteiger partial charge in [0.1, 0.15) is 5.75 Å². The first-order valence-electron chi connectivity index (χ1n) is 11.2. The fraction of sp³-hybridized carbons (Fsp3) is 0.417. The Bertz CT molecular complexity index is 1220. The number of hydrogen-bond acceptors (Lipinski definition) is 6. The number of amides is 1. The van der Waals surface area contributed by atoms with Crippen LogP contribution in [0.4, 0.5) is 0 Å². The van der Waals surface area contributed by atoms with Gasteiger partial charge in [-0.25, -0.2) is 13.4 Å². The van der Waals surface area contributed by atoms with E-state index in [9.17, 15) is 13.2 Å². The average molecular weight is 488 g/mol. The molecular formula is C24H29N3O4S2. The van der Waals surface area contributed by atoms with Gasteiger partial charge in [-0.3, -0.25) is 9.36 Å². The number of aromatic nitrogens is 2. The van der Waals surface area contributed by atoms with Gasteiger partial charge < -0.3 is 9.64 Å². The van der Waals surface area contributed by atoms with E-state index in [1.54, 1.807) is 12.0 Å². The molecule has 9 heteroatoms. The van der Waals surface area contributed by atoms with Crippen LogP contribution in [0.2, 0.25) is 0 Å². The summed E-state index contributed by atoms with van der Waals surface area (Å²) in [6.45, 7) is 2.66. The van der Waals surface area contributed by atoms with Gasteiger partial charge in [-0.1, -0.05) is 37.2 Å². The number of methoxy groups -OCH3 is 1. The summed E-state index contributed by atoms with van der Waals surface area (Å²) >= 11 is 1.39. The standard InChI is InChI=1S/C24H29N3O4S2/c1-3-4-14-26(19-13-15-33(29,30)17-19)23(28)16-32-24-25-21-7-5-6-8-22(21)27(24)18-9-11-20(31-2)12-10-18/h5-12,19H,3-4,13-17H2,1-2H3. The fourth-order valence-corrected chi connectivity index (χ4v) is 6.80. The number of sulfone groups is 1. The van der Waals surface area contributed by atoms with Gasteiger partial charge in [0.05, 0.1) is 35.4 Å². The lowest BCUT2D eigenvalue weighted by atomic mass is 10.2. The van der Waals surface area contributed by atoms with Crippen molar-refractivity contribution in [3.63, 3.8) is 0 Å². The number of thioether (sulfide) groups is 1. The van der Waals surface area contributed by atoms with E-state index < -0.39 is 9.84 Å². The van der Waals surface area contributed by atoms with Crippen LogP contribution in [-0.2, 0) is 14.6 Å². The SMILES string of the molecule is CCCCN(C(=O)CSc1nc2ccccc2n1-c1ccc(OC)cc1)C1CCS(=O)(=O)C1. The second kappa shape index (κ2) is 10.2. The summed E-state index contributed by atoms with van der Waals surface area (Å²) < 4.78 is 31.3. The van der Waals surface area contributed by atoms with Crippen molar-refractivity contribution < 1.29 is 17.9 Å². The first-order valence-corrected chi connectivity index (χ1v) is 14.0. The van der Waals surface area contributed by atoms with E-state index in [0.29, 0.717) is 13.0 Å². The molecule has 2 heterocycles. The molecule has 7 nitrogen and oxygen atoms in total. The van der Waals surface area contributed by atoms with Crippen molar-refractivity contribution >= 4 is 38.5 Å². The van der Waals surface area contributed by atoms with E-state index in [1.807, 2.05) is 53.1 Å². The first kappa shape index (κ1) is 23.6. The van der Waals surface area contributed by atoms with Crippen molar-refractivity contribution in [3.8, 4) is 11.4 Å². The number of imidazole rings is 1. The summed E-state index contributed by atoms with van der Waals surface area (Å²) in [5.41, 5.74) is 2.75. The van der Waals surface area contributed by atoms with Gasteiger partial charge in [-0.05, 0) is 49.2 Å². The molecular weight excluding hydrogens is 458 g/mol. The third kappa shape index (κ3) is 5.35. The smallest absolute Gasteiger partial charge is 0.233 e. The maximum atomic E-state index is 13.2. The quantitative estimate of drug-likeness (QED) is 0.425. The second-order valence-corrected chi connectivity index (χ2v) is 11.4. The number of ether oxygens (including phenoxy) is 1. The van der Waals surface area contributed by atoms with Crippen molar-refractivity contribution in [2.75, 3.05) is 30.9 Å². The van der Waals surface area contributed by atoms with Crippen molar-refractivity contribution in [1.82, 2.24) is 14.5 Å². The zero-order valence-corrected chi connectivity index (χ0v) is 20.6. The minimum atomic E-state index is -3.06. The molecule has 1 atom stereocenters. The van der Waals surface area contributed by atoms with Crippen LogP contribution in [0.3, 0.4) is 0 Å². The van der Waals surface area contributed by atoms with Gasteiger partial charge >= 0.3 is 0 Å². The lowest BCUT2D eigenvalue weighted by Crippen LogP contribution is -2.42. The van der Waals surface area contributed by atoms with E-state index in [0.717, 1.165) is 40.5 Å². The molecule has 0 spiro atoms. The topological polar surface area (TPSA) is 81.5 Å². The van der Waals surface area contributed by atoms with Crippen LogP contribution >= 0.6 is 11.8 Å². The number of carbonyl (C=O) groups excluding carboxylic acids is 1. The molecule has 0 radical (unpaired) electrons. The van der Waals surface area contributed by atoms with E-state index in [4.69, 9.17) is 9.72 Å². The van der Waals surface area contributed by atoms with Crippen LogP contribution in [0.25, 0.3) is 16.7 Å². The maximum Gasteiger partial charge on any atom is 0.233 e. The Morgan fingerprint density at radius 1 is 1.21 bits per heavy atom. The third-order valence-electron chi connectivity index (χ3n) is 5.91. The number of benzene rings is 2. The zero-order valence-electron chi connectivity index (χ0n) is 18.9. The molecule has 3 aromatic rings. The number of para-hydroxylation sites is 2. The van der Waals surface area contributed by atoms with Gasteiger partial charge in [-0.2, -0.15) is 0 Å². The Balaban J connectivity index is 1.58.